The van der Waals surface area contributed by atoms with E-state index in [0.717, 1.165) is 45.4 Å². The Morgan fingerprint density at radius 3 is 2.43 bits per heavy atom. The van der Waals surface area contributed by atoms with Gasteiger partial charge in [-0.3, -0.25) is 4.79 Å². The number of nitrogens with zero attached hydrogens (tertiary/aromatic N) is 1. The van der Waals surface area contributed by atoms with Crippen molar-refractivity contribution in [2.24, 2.45) is 22.5 Å². The molecular formula is C17H30N2O2. The Kier molecular flexibility index (Phi) is 3.42. The van der Waals surface area contributed by atoms with Gasteiger partial charge in [-0.15, -0.1) is 0 Å². The predicted molar refractivity (Wildman–Crippen MR) is 82.8 cm³/mol. The summed E-state index contributed by atoms with van der Waals surface area (Å²) in [6, 6.07) is 0. The highest BCUT2D eigenvalue weighted by molar-refractivity contribution is 5.89. The Balaban J connectivity index is 1.77. The normalized spacial score (nSPS) is 41.1. The average molecular weight is 294 g/mol. The number of hydrogen-bond donors (Lipinski definition) is 1. The summed E-state index contributed by atoms with van der Waals surface area (Å²) >= 11 is 0. The van der Waals surface area contributed by atoms with E-state index in [0.29, 0.717) is 5.41 Å². The highest BCUT2D eigenvalue weighted by Gasteiger charge is 2.70. The van der Waals surface area contributed by atoms with Gasteiger partial charge in [-0.05, 0) is 31.1 Å². The zero-order chi connectivity index (χ0) is 15.5. The van der Waals surface area contributed by atoms with Crippen LogP contribution in [0.2, 0.25) is 0 Å². The van der Waals surface area contributed by atoms with Crippen LogP contribution in [-0.2, 0) is 9.53 Å². The molecule has 3 aliphatic rings. The number of carbonyl (C=O) groups is 1. The number of piperidine rings is 1. The minimum Gasteiger partial charge on any atom is -0.377 e. The third-order valence-corrected chi connectivity index (χ3v) is 6.44. The van der Waals surface area contributed by atoms with Gasteiger partial charge in [-0.25, -0.2) is 0 Å². The van der Waals surface area contributed by atoms with Gasteiger partial charge in [-0.1, -0.05) is 27.7 Å². The number of amides is 1. The van der Waals surface area contributed by atoms with E-state index in [1.807, 2.05) is 4.90 Å². The second-order valence-electron chi connectivity index (χ2n) is 8.59. The molecule has 4 nitrogen and oxygen atoms in total. The van der Waals surface area contributed by atoms with Gasteiger partial charge in [0.1, 0.15) is 5.54 Å². The van der Waals surface area contributed by atoms with Crippen molar-refractivity contribution >= 4 is 5.91 Å². The molecule has 1 amide bonds. The van der Waals surface area contributed by atoms with Crippen molar-refractivity contribution in [3.05, 3.63) is 0 Å². The molecule has 2 N–H and O–H groups in total. The van der Waals surface area contributed by atoms with E-state index >= 15 is 0 Å². The first-order valence-corrected chi connectivity index (χ1v) is 8.40. The standard InChI is InChI=1S/C17H30N2O2/c1-15(2)7-9-19(10-8-15)14(20)17(18)12-6-5-11-21-13(12)16(17,3)4/h12-13H,5-11,18H2,1-4H3. The number of hydrogen-bond acceptors (Lipinski definition) is 3. The van der Waals surface area contributed by atoms with Crippen molar-refractivity contribution in [1.82, 2.24) is 4.90 Å². The maximum Gasteiger partial charge on any atom is 0.243 e. The van der Waals surface area contributed by atoms with Gasteiger partial charge >= 0.3 is 0 Å². The van der Waals surface area contributed by atoms with Crippen LogP contribution in [0.1, 0.15) is 53.4 Å². The number of nitrogens with two attached hydrogens (primary N) is 1. The number of carbonyl (C=O) groups excluding carboxylic acids is 1. The van der Waals surface area contributed by atoms with Crippen LogP contribution < -0.4 is 5.73 Å². The van der Waals surface area contributed by atoms with Gasteiger partial charge in [0.05, 0.1) is 6.10 Å². The zero-order valence-electron chi connectivity index (χ0n) is 13.9. The fourth-order valence-electron chi connectivity index (χ4n) is 4.59. The lowest BCUT2D eigenvalue weighted by molar-refractivity contribution is -0.230. The maximum atomic E-state index is 13.1. The van der Waals surface area contributed by atoms with E-state index in [-0.39, 0.29) is 23.3 Å². The summed E-state index contributed by atoms with van der Waals surface area (Å²) in [4.78, 5) is 15.1. The van der Waals surface area contributed by atoms with E-state index < -0.39 is 5.54 Å². The summed E-state index contributed by atoms with van der Waals surface area (Å²) in [5, 5.41) is 0. The Morgan fingerprint density at radius 2 is 1.81 bits per heavy atom. The Bertz CT molecular complexity index is 436. The summed E-state index contributed by atoms with van der Waals surface area (Å²) in [7, 11) is 0. The number of rotatable bonds is 1. The van der Waals surface area contributed by atoms with Crippen LogP contribution in [0.25, 0.3) is 0 Å². The molecule has 0 aromatic carbocycles. The molecule has 3 fully saturated rings. The van der Waals surface area contributed by atoms with Crippen LogP contribution in [-0.4, -0.2) is 42.1 Å². The second-order valence-corrected chi connectivity index (χ2v) is 8.59. The van der Waals surface area contributed by atoms with E-state index in [2.05, 4.69) is 27.7 Å². The van der Waals surface area contributed by atoms with E-state index in [1.54, 1.807) is 0 Å². The lowest BCUT2D eigenvalue weighted by atomic mass is 9.46. The van der Waals surface area contributed by atoms with Gasteiger partial charge < -0.3 is 15.4 Å². The van der Waals surface area contributed by atoms with Gasteiger partial charge in [0.25, 0.3) is 0 Å². The minimum absolute atomic E-state index is 0.154. The molecule has 1 saturated carbocycles. The summed E-state index contributed by atoms with van der Waals surface area (Å²) < 4.78 is 5.91. The van der Waals surface area contributed by atoms with Gasteiger partial charge in [0, 0.05) is 31.0 Å². The predicted octanol–water partition coefficient (Wildman–Crippen LogP) is 2.17. The van der Waals surface area contributed by atoms with Crippen molar-refractivity contribution in [2.45, 2.75) is 65.0 Å². The third-order valence-electron chi connectivity index (χ3n) is 6.44. The van der Waals surface area contributed by atoms with E-state index in [4.69, 9.17) is 10.5 Å². The van der Waals surface area contributed by atoms with Crippen molar-refractivity contribution in [3.8, 4) is 0 Å². The SMILES string of the molecule is CC1(C)CCN(C(=O)C2(N)C3CCCOC3C2(C)C)CC1. The smallest absolute Gasteiger partial charge is 0.243 e. The molecule has 0 bridgehead atoms. The molecule has 3 atom stereocenters. The average Bonchev–Trinajstić information content (AvgIpc) is 2.45. The molecule has 4 heteroatoms. The molecule has 0 aromatic rings. The highest BCUT2D eigenvalue weighted by atomic mass is 16.5. The summed E-state index contributed by atoms with van der Waals surface area (Å²) in [5.41, 5.74) is 6.06. The Labute approximate surface area is 128 Å². The first-order chi connectivity index (χ1) is 9.70. The van der Waals surface area contributed by atoms with Crippen molar-refractivity contribution in [1.29, 1.82) is 0 Å². The molecule has 3 unspecified atom stereocenters. The van der Waals surface area contributed by atoms with Crippen molar-refractivity contribution in [2.75, 3.05) is 19.7 Å². The topological polar surface area (TPSA) is 55.6 Å². The molecule has 0 spiro atoms. The molecule has 0 aromatic heterocycles. The van der Waals surface area contributed by atoms with Crippen LogP contribution in [0.3, 0.4) is 0 Å². The zero-order valence-corrected chi connectivity index (χ0v) is 13.9. The third kappa shape index (κ3) is 2.06. The highest BCUT2D eigenvalue weighted by Crippen LogP contribution is 2.58. The van der Waals surface area contributed by atoms with Gasteiger partial charge in [0.15, 0.2) is 0 Å². The van der Waals surface area contributed by atoms with Crippen LogP contribution in [0.15, 0.2) is 0 Å². The molecule has 1 aliphatic carbocycles. The van der Waals surface area contributed by atoms with Gasteiger partial charge in [-0.2, -0.15) is 0 Å². The molecule has 120 valence electrons. The van der Waals surface area contributed by atoms with Gasteiger partial charge in [0.2, 0.25) is 5.91 Å². The quantitative estimate of drug-likeness (QED) is 0.806. The van der Waals surface area contributed by atoms with Crippen molar-refractivity contribution < 1.29 is 9.53 Å². The minimum atomic E-state index is -0.737. The molecule has 2 heterocycles. The van der Waals surface area contributed by atoms with E-state index in [1.165, 1.54) is 0 Å². The van der Waals surface area contributed by atoms with Crippen LogP contribution in [0.5, 0.6) is 0 Å². The van der Waals surface area contributed by atoms with E-state index in [9.17, 15) is 4.79 Å². The fourth-order valence-corrected chi connectivity index (χ4v) is 4.59. The first-order valence-electron chi connectivity index (χ1n) is 8.40. The number of ether oxygens (including phenoxy) is 1. The fraction of sp³-hybridized carbons (Fsp3) is 0.941. The second kappa shape index (κ2) is 4.69. The monoisotopic (exact) mass is 294 g/mol. The van der Waals surface area contributed by atoms with Crippen LogP contribution in [0.4, 0.5) is 0 Å². The Hall–Kier alpha value is -0.610. The van der Waals surface area contributed by atoms with Crippen LogP contribution >= 0.6 is 0 Å². The first kappa shape index (κ1) is 15.3. The van der Waals surface area contributed by atoms with Crippen LogP contribution in [0, 0.1) is 16.7 Å². The lowest BCUT2D eigenvalue weighted by Crippen LogP contribution is -2.82. The molecule has 2 aliphatic heterocycles. The number of likely N-dealkylation sites (tertiary alicyclic amines) is 1. The number of fused-ring (bicyclic) bond motifs is 1. The largest absolute Gasteiger partial charge is 0.377 e. The Morgan fingerprint density at radius 1 is 1.19 bits per heavy atom. The molecule has 3 rings (SSSR count). The summed E-state index contributed by atoms with van der Waals surface area (Å²) in [6.45, 7) is 11.3. The lowest BCUT2D eigenvalue weighted by Gasteiger charge is -2.66. The molecule has 21 heavy (non-hydrogen) atoms. The molecular weight excluding hydrogens is 264 g/mol. The maximum absolute atomic E-state index is 13.1. The molecule has 2 saturated heterocycles. The summed E-state index contributed by atoms with van der Waals surface area (Å²) in [6.07, 6.45) is 4.34. The molecule has 0 radical (unpaired) electrons. The summed E-state index contributed by atoms with van der Waals surface area (Å²) in [5.74, 6) is 0.360. The van der Waals surface area contributed by atoms with Crippen molar-refractivity contribution in [3.63, 3.8) is 0 Å².